The first-order valence-corrected chi connectivity index (χ1v) is 11.8. The number of halogens is 1. The van der Waals surface area contributed by atoms with Gasteiger partial charge in [-0.1, -0.05) is 35.9 Å². The Bertz CT molecular complexity index is 1080. The molecular weight excluding hydrogens is 438 g/mol. The zero-order valence-corrected chi connectivity index (χ0v) is 20.0. The summed E-state index contributed by atoms with van der Waals surface area (Å²) in [7, 11) is 0. The molecule has 7 heteroatoms. The number of hydrogen-bond donors (Lipinski definition) is 1. The Morgan fingerprint density at radius 1 is 1.27 bits per heavy atom. The van der Waals surface area contributed by atoms with Crippen LogP contribution in [0.4, 0.5) is 4.79 Å². The largest absolute Gasteiger partial charge is 0.482 e. The van der Waals surface area contributed by atoms with Crippen molar-refractivity contribution in [2.45, 2.75) is 63.8 Å². The van der Waals surface area contributed by atoms with Crippen LogP contribution >= 0.6 is 11.6 Å². The fourth-order valence-electron chi connectivity index (χ4n) is 5.29. The maximum atomic E-state index is 12.1. The third-order valence-corrected chi connectivity index (χ3v) is 6.94. The number of nitrogens with zero attached hydrogens (tertiary/aromatic N) is 3. The quantitative estimate of drug-likeness (QED) is 0.642. The van der Waals surface area contributed by atoms with Gasteiger partial charge in [0.15, 0.2) is 0 Å². The average molecular weight is 468 g/mol. The number of piperidine rings is 1. The van der Waals surface area contributed by atoms with Crippen molar-refractivity contribution in [2.75, 3.05) is 13.1 Å². The zero-order chi connectivity index (χ0) is 23.8. The van der Waals surface area contributed by atoms with Gasteiger partial charge in [-0.15, -0.1) is 0 Å². The summed E-state index contributed by atoms with van der Waals surface area (Å²) in [5, 5.41) is 19.5. The van der Waals surface area contributed by atoms with Crippen molar-refractivity contribution in [3.8, 4) is 11.8 Å². The van der Waals surface area contributed by atoms with E-state index in [4.69, 9.17) is 21.6 Å². The van der Waals surface area contributed by atoms with Crippen LogP contribution in [0.1, 0.15) is 56.4 Å². The normalized spacial score (nSPS) is 22.9. The highest BCUT2D eigenvalue weighted by Gasteiger charge is 2.42. The fourth-order valence-corrected chi connectivity index (χ4v) is 5.51. The highest BCUT2D eigenvalue weighted by atomic mass is 35.5. The van der Waals surface area contributed by atoms with E-state index in [1.807, 2.05) is 32.9 Å². The number of benzene rings is 2. The van der Waals surface area contributed by atoms with Crippen LogP contribution in [0.5, 0.6) is 5.75 Å². The predicted molar refractivity (Wildman–Crippen MR) is 128 cm³/mol. The number of rotatable bonds is 4. The van der Waals surface area contributed by atoms with E-state index in [1.54, 1.807) is 23.1 Å². The number of nitriles is 1. The molecule has 6 nitrogen and oxygen atoms in total. The van der Waals surface area contributed by atoms with Gasteiger partial charge in [0.25, 0.3) is 0 Å². The SMILES string of the molecule is CC(C)(C)N(C(=O)O)[C@@H]1CCCN([C@@H]2Cc3ccccc3[C@@H]2Oc2ccc(C#N)cc2Cl)C1. The molecule has 2 aromatic rings. The highest BCUT2D eigenvalue weighted by Crippen LogP contribution is 2.41. The van der Waals surface area contributed by atoms with Gasteiger partial charge in [0.2, 0.25) is 0 Å². The van der Waals surface area contributed by atoms with Crippen LogP contribution < -0.4 is 4.74 Å². The zero-order valence-electron chi connectivity index (χ0n) is 19.3. The Balaban J connectivity index is 1.62. The molecule has 0 saturated carbocycles. The van der Waals surface area contributed by atoms with Gasteiger partial charge in [-0.25, -0.2) is 4.79 Å². The van der Waals surface area contributed by atoms with Gasteiger partial charge < -0.3 is 9.84 Å². The first-order valence-electron chi connectivity index (χ1n) is 11.4. The van der Waals surface area contributed by atoms with Crippen molar-refractivity contribution in [2.24, 2.45) is 0 Å². The Hall–Kier alpha value is -2.75. The second kappa shape index (κ2) is 9.24. The van der Waals surface area contributed by atoms with Crippen molar-refractivity contribution in [3.05, 3.63) is 64.2 Å². The molecule has 0 spiro atoms. The minimum absolute atomic E-state index is 0.0703. The molecule has 1 amide bonds. The highest BCUT2D eigenvalue weighted by molar-refractivity contribution is 6.32. The van der Waals surface area contributed by atoms with Crippen LogP contribution in [0.15, 0.2) is 42.5 Å². The van der Waals surface area contributed by atoms with E-state index < -0.39 is 11.6 Å². The van der Waals surface area contributed by atoms with Crippen LogP contribution in [-0.4, -0.2) is 51.7 Å². The van der Waals surface area contributed by atoms with Gasteiger partial charge in [0, 0.05) is 18.1 Å². The molecule has 1 fully saturated rings. The minimum Gasteiger partial charge on any atom is -0.482 e. The van der Waals surface area contributed by atoms with E-state index in [9.17, 15) is 9.90 Å². The van der Waals surface area contributed by atoms with Crippen LogP contribution in [0.25, 0.3) is 0 Å². The number of hydrogen-bond acceptors (Lipinski definition) is 4. The molecule has 1 aliphatic carbocycles. The van der Waals surface area contributed by atoms with Crippen LogP contribution in [0.2, 0.25) is 5.02 Å². The summed E-state index contributed by atoms with van der Waals surface area (Å²) in [5.41, 5.74) is 2.40. The molecule has 2 aromatic carbocycles. The van der Waals surface area contributed by atoms with Crippen molar-refractivity contribution in [1.29, 1.82) is 5.26 Å². The van der Waals surface area contributed by atoms with Crippen LogP contribution in [0.3, 0.4) is 0 Å². The van der Waals surface area contributed by atoms with E-state index in [0.717, 1.165) is 31.4 Å². The van der Waals surface area contributed by atoms with Crippen LogP contribution in [0, 0.1) is 11.3 Å². The summed E-state index contributed by atoms with van der Waals surface area (Å²) in [6, 6.07) is 15.5. The minimum atomic E-state index is -0.874. The van der Waals surface area contributed by atoms with E-state index in [0.29, 0.717) is 22.9 Å². The average Bonchev–Trinajstić information content (AvgIpc) is 3.12. The molecule has 4 rings (SSSR count). The van der Waals surface area contributed by atoms with E-state index in [1.165, 1.54) is 5.56 Å². The molecule has 0 bridgehead atoms. The van der Waals surface area contributed by atoms with Crippen molar-refractivity contribution in [1.82, 2.24) is 9.80 Å². The second-order valence-corrected chi connectivity index (χ2v) is 10.3. The monoisotopic (exact) mass is 467 g/mol. The Morgan fingerprint density at radius 3 is 2.70 bits per heavy atom. The number of ether oxygens (including phenoxy) is 1. The molecule has 3 atom stereocenters. The van der Waals surface area contributed by atoms with E-state index >= 15 is 0 Å². The Kier molecular flexibility index (Phi) is 6.56. The molecule has 1 saturated heterocycles. The summed E-state index contributed by atoms with van der Waals surface area (Å²) < 4.78 is 6.50. The van der Waals surface area contributed by atoms with Gasteiger partial charge in [0.1, 0.15) is 11.9 Å². The maximum Gasteiger partial charge on any atom is 0.408 e. The molecule has 0 unspecified atom stereocenters. The fraction of sp³-hybridized carbons (Fsp3) is 0.462. The third kappa shape index (κ3) is 4.80. The lowest BCUT2D eigenvalue weighted by molar-refractivity contribution is 0.00465. The first kappa shape index (κ1) is 23.4. The van der Waals surface area contributed by atoms with E-state index in [2.05, 4.69) is 23.1 Å². The molecule has 2 aliphatic rings. The van der Waals surface area contributed by atoms with Crippen LogP contribution in [-0.2, 0) is 6.42 Å². The first-order chi connectivity index (χ1) is 15.7. The summed E-state index contributed by atoms with van der Waals surface area (Å²) >= 11 is 6.44. The second-order valence-electron chi connectivity index (χ2n) is 9.88. The molecule has 0 aromatic heterocycles. The summed E-state index contributed by atoms with van der Waals surface area (Å²) in [6.45, 7) is 7.41. The number of amides is 1. The molecule has 174 valence electrons. The molecular formula is C26H30ClN3O3. The van der Waals surface area contributed by atoms with Gasteiger partial charge in [-0.2, -0.15) is 5.26 Å². The Labute approximate surface area is 200 Å². The lowest BCUT2D eigenvalue weighted by Gasteiger charge is -2.46. The number of carbonyl (C=O) groups is 1. The summed E-state index contributed by atoms with van der Waals surface area (Å²) in [6.07, 6.45) is 1.53. The number of likely N-dealkylation sites (tertiary alicyclic amines) is 1. The van der Waals surface area contributed by atoms with Gasteiger partial charge in [0.05, 0.1) is 22.7 Å². The smallest absolute Gasteiger partial charge is 0.408 e. The van der Waals surface area contributed by atoms with Crippen molar-refractivity contribution >= 4 is 17.7 Å². The molecule has 1 heterocycles. The Morgan fingerprint density at radius 2 is 2.03 bits per heavy atom. The topological polar surface area (TPSA) is 76.8 Å². The lowest BCUT2D eigenvalue weighted by atomic mass is 9.96. The molecule has 0 radical (unpaired) electrons. The lowest BCUT2D eigenvalue weighted by Crippen LogP contribution is -2.58. The van der Waals surface area contributed by atoms with Gasteiger partial charge >= 0.3 is 6.09 Å². The number of carboxylic acid groups (broad SMARTS) is 1. The third-order valence-electron chi connectivity index (χ3n) is 6.65. The molecule has 1 N–H and O–H groups in total. The standard InChI is InChI=1S/C26H30ClN3O3/c1-26(2,3)30(25(31)32)19-8-6-12-29(16-19)22-14-18-7-4-5-9-20(18)24(22)33-23-11-10-17(15-28)13-21(23)27/h4-5,7,9-11,13,19,22,24H,6,8,12,14,16H2,1-3H3,(H,31,32)/t19-,22-,24+/m1/s1. The van der Waals surface area contributed by atoms with Gasteiger partial charge in [-0.05, 0) is 75.9 Å². The van der Waals surface area contributed by atoms with Crippen molar-refractivity contribution < 1.29 is 14.6 Å². The maximum absolute atomic E-state index is 12.1. The predicted octanol–water partition coefficient (Wildman–Crippen LogP) is 5.50. The molecule has 33 heavy (non-hydrogen) atoms. The summed E-state index contributed by atoms with van der Waals surface area (Å²) in [5.74, 6) is 0.554. The summed E-state index contributed by atoms with van der Waals surface area (Å²) in [4.78, 5) is 16.1. The number of fused-ring (bicyclic) bond motifs is 1. The molecule has 1 aliphatic heterocycles. The van der Waals surface area contributed by atoms with Gasteiger partial charge in [-0.3, -0.25) is 9.80 Å². The van der Waals surface area contributed by atoms with E-state index in [-0.39, 0.29) is 18.2 Å². The van der Waals surface area contributed by atoms with Crippen molar-refractivity contribution in [3.63, 3.8) is 0 Å².